The minimum atomic E-state index is 0.755. The molecular formula is C15H21N3. The van der Waals surface area contributed by atoms with E-state index in [0.717, 1.165) is 37.3 Å². The van der Waals surface area contributed by atoms with Crippen LogP contribution >= 0.6 is 0 Å². The number of nitrogens with two attached hydrogens (primary N) is 1. The van der Waals surface area contributed by atoms with E-state index in [1.54, 1.807) is 0 Å². The van der Waals surface area contributed by atoms with Crippen molar-refractivity contribution in [1.82, 2.24) is 9.88 Å². The Hall–Kier alpha value is -1.45. The number of nitrogens with zero attached hydrogens (tertiary/aromatic N) is 2. The van der Waals surface area contributed by atoms with Crippen LogP contribution in [0.4, 0.5) is 0 Å². The van der Waals surface area contributed by atoms with Crippen molar-refractivity contribution in [2.24, 2.45) is 5.73 Å². The van der Waals surface area contributed by atoms with Crippen LogP contribution < -0.4 is 5.73 Å². The first kappa shape index (κ1) is 13.0. The third-order valence-electron chi connectivity index (χ3n) is 3.09. The molecule has 96 valence electrons. The molecular weight excluding hydrogens is 222 g/mol. The quantitative estimate of drug-likeness (QED) is 0.876. The van der Waals surface area contributed by atoms with Gasteiger partial charge in [-0.25, -0.2) is 0 Å². The fraction of sp³-hybridized carbons (Fsp3) is 0.400. The number of aryl methyl sites for hydroxylation is 1. The molecule has 0 atom stereocenters. The largest absolute Gasteiger partial charge is 0.330 e. The molecule has 0 spiro atoms. The number of aromatic nitrogens is 1. The predicted molar refractivity (Wildman–Crippen MR) is 76.5 cm³/mol. The minimum absolute atomic E-state index is 0.755. The van der Waals surface area contributed by atoms with Crippen molar-refractivity contribution >= 4 is 10.9 Å². The Morgan fingerprint density at radius 2 is 2.06 bits per heavy atom. The van der Waals surface area contributed by atoms with Crippen LogP contribution in [0.2, 0.25) is 0 Å². The summed E-state index contributed by atoms with van der Waals surface area (Å²) in [6.07, 6.45) is 1.05. The van der Waals surface area contributed by atoms with Gasteiger partial charge in [-0.05, 0) is 57.2 Å². The Labute approximate surface area is 109 Å². The number of fused-ring (bicyclic) bond motifs is 1. The average molecular weight is 243 g/mol. The fourth-order valence-corrected chi connectivity index (χ4v) is 2.13. The third kappa shape index (κ3) is 3.28. The molecule has 18 heavy (non-hydrogen) atoms. The van der Waals surface area contributed by atoms with Gasteiger partial charge in [-0.2, -0.15) is 0 Å². The summed E-state index contributed by atoms with van der Waals surface area (Å²) in [6.45, 7) is 4.78. The van der Waals surface area contributed by atoms with Gasteiger partial charge < -0.3 is 10.6 Å². The van der Waals surface area contributed by atoms with E-state index in [0.29, 0.717) is 0 Å². The Morgan fingerprint density at radius 1 is 1.22 bits per heavy atom. The Morgan fingerprint density at radius 3 is 2.83 bits per heavy atom. The zero-order valence-electron chi connectivity index (χ0n) is 11.2. The van der Waals surface area contributed by atoms with Gasteiger partial charge in [0, 0.05) is 17.6 Å². The van der Waals surface area contributed by atoms with Crippen molar-refractivity contribution in [1.29, 1.82) is 0 Å². The van der Waals surface area contributed by atoms with Crippen LogP contribution in [0.1, 0.15) is 17.7 Å². The molecule has 0 aliphatic rings. The maximum Gasteiger partial charge on any atom is 0.0705 e. The van der Waals surface area contributed by atoms with E-state index in [1.807, 2.05) is 6.92 Å². The van der Waals surface area contributed by atoms with Gasteiger partial charge in [0.2, 0.25) is 0 Å². The molecule has 0 radical (unpaired) electrons. The van der Waals surface area contributed by atoms with Crippen LogP contribution in [0.3, 0.4) is 0 Å². The summed E-state index contributed by atoms with van der Waals surface area (Å²) in [5.41, 5.74) is 8.99. The van der Waals surface area contributed by atoms with Crippen molar-refractivity contribution in [3.63, 3.8) is 0 Å². The summed E-state index contributed by atoms with van der Waals surface area (Å²) < 4.78 is 0. The highest BCUT2D eigenvalue weighted by atomic mass is 15.1. The van der Waals surface area contributed by atoms with E-state index in [2.05, 4.69) is 47.3 Å². The van der Waals surface area contributed by atoms with Gasteiger partial charge in [-0.15, -0.1) is 0 Å². The van der Waals surface area contributed by atoms with E-state index in [1.165, 1.54) is 10.9 Å². The molecule has 2 aromatic rings. The lowest BCUT2D eigenvalue weighted by Crippen LogP contribution is -2.21. The fourth-order valence-electron chi connectivity index (χ4n) is 2.13. The minimum Gasteiger partial charge on any atom is -0.330 e. The standard InChI is InChI=1S/C15H21N3/c1-12-4-6-14-10-13(5-7-15(14)17-12)11-18(2)9-3-8-16/h4-7,10H,3,8-9,11,16H2,1-2H3. The highest BCUT2D eigenvalue weighted by molar-refractivity contribution is 5.79. The molecule has 0 unspecified atom stereocenters. The van der Waals surface area contributed by atoms with Gasteiger partial charge in [-0.3, -0.25) is 4.98 Å². The molecule has 2 rings (SSSR count). The van der Waals surface area contributed by atoms with Crippen LogP contribution in [-0.2, 0) is 6.54 Å². The van der Waals surface area contributed by atoms with Gasteiger partial charge in [-0.1, -0.05) is 12.1 Å². The third-order valence-corrected chi connectivity index (χ3v) is 3.09. The van der Waals surface area contributed by atoms with Gasteiger partial charge >= 0.3 is 0 Å². The van der Waals surface area contributed by atoms with E-state index in [9.17, 15) is 0 Å². The zero-order valence-corrected chi connectivity index (χ0v) is 11.2. The van der Waals surface area contributed by atoms with Crippen LogP contribution in [-0.4, -0.2) is 30.0 Å². The molecule has 1 aromatic carbocycles. The molecule has 1 heterocycles. The Balaban J connectivity index is 2.12. The summed E-state index contributed by atoms with van der Waals surface area (Å²) in [6, 6.07) is 10.7. The average Bonchev–Trinajstić information content (AvgIpc) is 2.36. The van der Waals surface area contributed by atoms with Crippen LogP contribution in [0.15, 0.2) is 30.3 Å². The van der Waals surface area contributed by atoms with Crippen molar-refractivity contribution in [2.75, 3.05) is 20.1 Å². The monoisotopic (exact) mass is 243 g/mol. The van der Waals surface area contributed by atoms with Crippen molar-refractivity contribution < 1.29 is 0 Å². The maximum absolute atomic E-state index is 5.52. The molecule has 0 bridgehead atoms. The van der Waals surface area contributed by atoms with Crippen molar-refractivity contribution in [2.45, 2.75) is 19.9 Å². The number of hydrogen-bond acceptors (Lipinski definition) is 3. The van der Waals surface area contributed by atoms with E-state index in [4.69, 9.17) is 5.73 Å². The van der Waals surface area contributed by atoms with E-state index in [-0.39, 0.29) is 0 Å². The topological polar surface area (TPSA) is 42.1 Å². The molecule has 0 aliphatic carbocycles. The van der Waals surface area contributed by atoms with Crippen molar-refractivity contribution in [3.05, 3.63) is 41.6 Å². The molecule has 3 nitrogen and oxygen atoms in total. The van der Waals surface area contributed by atoms with Gasteiger partial charge in [0.1, 0.15) is 0 Å². The first-order chi connectivity index (χ1) is 8.69. The highest BCUT2D eigenvalue weighted by Crippen LogP contribution is 2.15. The molecule has 1 aromatic heterocycles. The predicted octanol–water partition coefficient (Wildman–Crippen LogP) is 2.32. The van der Waals surface area contributed by atoms with Crippen molar-refractivity contribution in [3.8, 4) is 0 Å². The van der Waals surface area contributed by atoms with E-state index < -0.39 is 0 Å². The first-order valence-electron chi connectivity index (χ1n) is 6.44. The second kappa shape index (κ2) is 5.94. The van der Waals surface area contributed by atoms with Crippen LogP contribution in [0.25, 0.3) is 10.9 Å². The van der Waals surface area contributed by atoms with Crippen LogP contribution in [0, 0.1) is 6.92 Å². The van der Waals surface area contributed by atoms with Gasteiger partial charge in [0.25, 0.3) is 0 Å². The lowest BCUT2D eigenvalue weighted by molar-refractivity contribution is 0.324. The molecule has 3 heteroatoms. The summed E-state index contributed by atoms with van der Waals surface area (Å²) in [7, 11) is 2.13. The summed E-state index contributed by atoms with van der Waals surface area (Å²) >= 11 is 0. The number of hydrogen-bond donors (Lipinski definition) is 1. The number of rotatable bonds is 5. The summed E-state index contributed by atoms with van der Waals surface area (Å²) in [5, 5.41) is 1.21. The second-order valence-electron chi connectivity index (χ2n) is 4.86. The molecule has 0 aliphatic heterocycles. The lowest BCUT2D eigenvalue weighted by Gasteiger charge is -2.16. The van der Waals surface area contributed by atoms with Gasteiger partial charge in [0.15, 0.2) is 0 Å². The summed E-state index contributed by atoms with van der Waals surface area (Å²) in [5.74, 6) is 0. The van der Waals surface area contributed by atoms with E-state index >= 15 is 0 Å². The SMILES string of the molecule is Cc1ccc2cc(CN(C)CCCN)ccc2n1. The Bertz CT molecular complexity index is 522. The lowest BCUT2D eigenvalue weighted by atomic mass is 10.1. The van der Waals surface area contributed by atoms with Gasteiger partial charge in [0.05, 0.1) is 5.52 Å². The normalized spacial score (nSPS) is 11.3. The number of benzene rings is 1. The summed E-state index contributed by atoms with van der Waals surface area (Å²) in [4.78, 5) is 6.82. The molecule has 0 saturated carbocycles. The molecule has 0 fully saturated rings. The molecule has 2 N–H and O–H groups in total. The second-order valence-corrected chi connectivity index (χ2v) is 4.86. The smallest absolute Gasteiger partial charge is 0.0705 e. The maximum atomic E-state index is 5.52. The number of pyridine rings is 1. The zero-order chi connectivity index (χ0) is 13.0. The highest BCUT2D eigenvalue weighted by Gasteiger charge is 2.02. The molecule has 0 amide bonds. The first-order valence-corrected chi connectivity index (χ1v) is 6.44. The van der Waals surface area contributed by atoms with Crippen LogP contribution in [0.5, 0.6) is 0 Å². The molecule has 0 saturated heterocycles. The Kier molecular flexibility index (Phi) is 4.28.